The van der Waals surface area contributed by atoms with Crippen LogP contribution < -0.4 is 11.5 Å². The minimum atomic E-state index is -0.743. The van der Waals surface area contributed by atoms with E-state index in [2.05, 4.69) is 15.9 Å². The van der Waals surface area contributed by atoms with E-state index in [9.17, 15) is 4.79 Å². The second kappa shape index (κ2) is 5.85. The Kier molecular flexibility index (Phi) is 4.74. The number of rotatable bonds is 5. The van der Waals surface area contributed by atoms with E-state index in [4.69, 9.17) is 16.2 Å². The molecule has 0 aliphatic carbocycles. The van der Waals surface area contributed by atoms with Gasteiger partial charge in [0.2, 0.25) is 5.91 Å². The second-order valence-electron chi connectivity index (χ2n) is 3.12. The van der Waals surface area contributed by atoms with Crippen molar-refractivity contribution in [3.8, 4) is 0 Å². The normalized spacial score (nSPS) is 12.4. The number of carbonyl (C=O) groups is 1. The van der Waals surface area contributed by atoms with Gasteiger partial charge in [0.15, 0.2) is 0 Å². The molecule has 0 fully saturated rings. The maximum atomic E-state index is 10.6. The molecule has 82 valence electrons. The average molecular weight is 273 g/mol. The zero-order chi connectivity index (χ0) is 11.3. The summed E-state index contributed by atoms with van der Waals surface area (Å²) < 4.78 is 6.24. The molecule has 15 heavy (non-hydrogen) atoms. The summed E-state index contributed by atoms with van der Waals surface area (Å²) >= 11 is 3.39. The lowest BCUT2D eigenvalue weighted by Gasteiger charge is -2.09. The van der Waals surface area contributed by atoms with E-state index in [0.29, 0.717) is 6.61 Å². The third-order valence-corrected chi connectivity index (χ3v) is 2.65. The fraction of sp³-hybridized carbons (Fsp3) is 0.300. The number of hydrogen-bond donors (Lipinski definition) is 2. The molecule has 0 aliphatic heterocycles. The van der Waals surface area contributed by atoms with E-state index in [1.54, 1.807) is 0 Å². The fourth-order valence-corrected chi connectivity index (χ4v) is 1.39. The molecule has 1 aromatic rings. The number of halogens is 1. The second-order valence-corrected chi connectivity index (χ2v) is 3.97. The zero-order valence-electron chi connectivity index (χ0n) is 8.15. The number of benzene rings is 1. The molecule has 0 spiro atoms. The predicted molar refractivity (Wildman–Crippen MR) is 61.0 cm³/mol. The van der Waals surface area contributed by atoms with Gasteiger partial charge in [-0.25, -0.2) is 0 Å². The maximum absolute atomic E-state index is 10.6. The highest BCUT2D eigenvalue weighted by Gasteiger charge is 2.09. The summed E-state index contributed by atoms with van der Waals surface area (Å²) in [6, 6.07) is 6.94. The fourth-order valence-electron chi connectivity index (χ4n) is 0.993. The molecule has 0 saturated carbocycles. The van der Waals surface area contributed by atoms with E-state index in [1.165, 1.54) is 0 Å². The summed E-state index contributed by atoms with van der Waals surface area (Å²) in [6.45, 7) is 0.541. The third kappa shape index (κ3) is 3.99. The Balaban J connectivity index is 2.38. The summed E-state index contributed by atoms with van der Waals surface area (Å²) in [6.07, 6.45) is 0. The molecular formula is C10H13BrN2O2. The van der Waals surface area contributed by atoms with Gasteiger partial charge in [0.1, 0.15) is 6.04 Å². The summed E-state index contributed by atoms with van der Waals surface area (Å²) in [4.78, 5) is 10.6. The number of ether oxygens (including phenoxy) is 1. The lowest BCUT2D eigenvalue weighted by atomic mass is 10.2. The van der Waals surface area contributed by atoms with Crippen molar-refractivity contribution in [1.29, 1.82) is 0 Å². The van der Waals surface area contributed by atoms with Gasteiger partial charge >= 0.3 is 0 Å². The number of amides is 1. The van der Waals surface area contributed by atoms with Crippen molar-refractivity contribution in [2.75, 3.05) is 6.61 Å². The molecule has 0 radical (unpaired) electrons. The summed E-state index contributed by atoms with van der Waals surface area (Å²) in [7, 11) is 0. The van der Waals surface area contributed by atoms with Crippen molar-refractivity contribution in [2.45, 2.75) is 12.6 Å². The zero-order valence-corrected chi connectivity index (χ0v) is 9.74. The van der Waals surface area contributed by atoms with Gasteiger partial charge < -0.3 is 16.2 Å². The Morgan fingerprint density at radius 2 is 2.13 bits per heavy atom. The molecule has 1 unspecified atom stereocenters. The van der Waals surface area contributed by atoms with Gasteiger partial charge in [0, 0.05) is 4.47 Å². The van der Waals surface area contributed by atoms with E-state index < -0.39 is 11.9 Å². The van der Waals surface area contributed by atoms with Gasteiger partial charge in [-0.3, -0.25) is 4.79 Å². The van der Waals surface area contributed by atoms with Crippen LogP contribution in [0.1, 0.15) is 5.56 Å². The van der Waals surface area contributed by atoms with E-state index in [0.717, 1.165) is 10.0 Å². The standard InChI is InChI=1S/C10H13BrN2O2/c11-8-4-2-1-3-7(8)5-15-6-9(12)10(13)14/h1-4,9H,5-6,12H2,(H2,13,14). The van der Waals surface area contributed by atoms with E-state index in [1.807, 2.05) is 24.3 Å². The molecule has 5 heteroatoms. The summed E-state index contributed by atoms with van der Waals surface area (Å²) in [5.74, 6) is -0.554. The van der Waals surface area contributed by atoms with Crippen LogP contribution >= 0.6 is 15.9 Å². The summed E-state index contributed by atoms with van der Waals surface area (Å²) in [5, 5.41) is 0. The van der Waals surface area contributed by atoms with Gasteiger partial charge in [-0.1, -0.05) is 34.1 Å². The van der Waals surface area contributed by atoms with Crippen LogP contribution in [0.5, 0.6) is 0 Å². The van der Waals surface area contributed by atoms with Gasteiger partial charge in [-0.15, -0.1) is 0 Å². The quantitative estimate of drug-likeness (QED) is 0.832. The van der Waals surface area contributed by atoms with Crippen molar-refractivity contribution >= 4 is 21.8 Å². The Morgan fingerprint density at radius 3 is 2.73 bits per heavy atom. The molecular weight excluding hydrogens is 260 g/mol. The molecule has 1 aromatic carbocycles. The first kappa shape index (κ1) is 12.2. The molecule has 0 aliphatic rings. The molecule has 1 amide bonds. The first-order valence-electron chi connectivity index (χ1n) is 4.47. The van der Waals surface area contributed by atoms with Crippen LogP contribution in [0, 0.1) is 0 Å². The number of nitrogens with two attached hydrogens (primary N) is 2. The van der Waals surface area contributed by atoms with Crippen LogP contribution in [0.4, 0.5) is 0 Å². The Morgan fingerprint density at radius 1 is 1.47 bits per heavy atom. The van der Waals surface area contributed by atoms with Gasteiger partial charge in [0.25, 0.3) is 0 Å². The average Bonchev–Trinajstić information content (AvgIpc) is 2.20. The number of hydrogen-bond acceptors (Lipinski definition) is 3. The first-order valence-corrected chi connectivity index (χ1v) is 5.26. The molecule has 1 rings (SSSR count). The number of carbonyl (C=O) groups excluding carboxylic acids is 1. The van der Waals surface area contributed by atoms with Crippen molar-refractivity contribution in [3.05, 3.63) is 34.3 Å². The summed E-state index contributed by atoms with van der Waals surface area (Å²) in [5.41, 5.74) is 11.4. The first-order chi connectivity index (χ1) is 7.11. The predicted octanol–water partition coefficient (Wildman–Crippen LogP) is 0.778. The maximum Gasteiger partial charge on any atom is 0.236 e. The van der Waals surface area contributed by atoms with E-state index in [-0.39, 0.29) is 6.61 Å². The minimum Gasteiger partial charge on any atom is -0.375 e. The van der Waals surface area contributed by atoms with E-state index >= 15 is 0 Å². The van der Waals surface area contributed by atoms with Crippen molar-refractivity contribution in [1.82, 2.24) is 0 Å². The Hall–Kier alpha value is -0.910. The Labute approximate surface area is 96.7 Å². The molecule has 0 bridgehead atoms. The number of primary amides is 1. The molecule has 0 aromatic heterocycles. The highest BCUT2D eigenvalue weighted by molar-refractivity contribution is 9.10. The van der Waals surface area contributed by atoms with Crippen LogP contribution in [-0.2, 0) is 16.1 Å². The lowest BCUT2D eigenvalue weighted by molar-refractivity contribution is -0.120. The monoisotopic (exact) mass is 272 g/mol. The lowest BCUT2D eigenvalue weighted by Crippen LogP contribution is -2.40. The highest BCUT2D eigenvalue weighted by atomic mass is 79.9. The highest BCUT2D eigenvalue weighted by Crippen LogP contribution is 2.16. The van der Waals surface area contributed by atoms with Crippen molar-refractivity contribution < 1.29 is 9.53 Å². The van der Waals surface area contributed by atoms with Crippen LogP contribution in [0.3, 0.4) is 0 Å². The molecule has 1 atom stereocenters. The topological polar surface area (TPSA) is 78.3 Å². The molecule has 0 saturated heterocycles. The molecule has 0 heterocycles. The minimum absolute atomic E-state index is 0.136. The van der Waals surface area contributed by atoms with Gasteiger partial charge in [-0.05, 0) is 11.6 Å². The molecule has 4 nitrogen and oxygen atoms in total. The van der Waals surface area contributed by atoms with Crippen LogP contribution in [0.15, 0.2) is 28.7 Å². The van der Waals surface area contributed by atoms with Gasteiger partial charge in [0.05, 0.1) is 13.2 Å². The van der Waals surface area contributed by atoms with Crippen LogP contribution in [0.25, 0.3) is 0 Å². The van der Waals surface area contributed by atoms with Crippen LogP contribution in [-0.4, -0.2) is 18.6 Å². The molecule has 4 N–H and O–H groups in total. The Bertz CT molecular complexity index is 344. The van der Waals surface area contributed by atoms with Gasteiger partial charge in [-0.2, -0.15) is 0 Å². The largest absolute Gasteiger partial charge is 0.375 e. The van der Waals surface area contributed by atoms with Crippen molar-refractivity contribution in [3.63, 3.8) is 0 Å². The smallest absolute Gasteiger partial charge is 0.236 e. The van der Waals surface area contributed by atoms with Crippen LogP contribution in [0.2, 0.25) is 0 Å². The third-order valence-electron chi connectivity index (χ3n) is 1.88. The van der Waals surface area contributed by atoms with Crippen molar-refractivity contribution in [2.24, 2.45) is 11.5 Å². The SMILES string of the molecule is NC(=O)C(N)COCc1ccccc1Br.